The molecule has 0 saturated heterocycles. The molecular weight excluding hydrogens is 370 g/mol. The Balaban J connectivity index is 1.82. The lowest BCUT2D eigenvalue weighted by Gasteiger charge is -2.20. The van der Waals surface area contributed by atoms with Crippen LogP contribution < -0.4 is 10.2 Å². The molecule has 1 aliphatic heterocycles. The number of anilines is 1. The van der Waals surface area contributed by atoms with Crippen LogP contribution in [0.2, 0.25) is 5.02 Å². The molecule has 0 unspecified atom stereocenters. The molecule has 0 spiro atoms. The molecule has 26 heavy (non-hydrogen) atoms. The van der Waals surface area contributed by atoms with E-state index in [4.69, 9.17) is 11.6 Å². The number of hydrogen-bond donors (Lipinski definition) is 1. The van der Waals surface area contributed by atoms with Crippen molar-refractivity contribution >= 4 is 45.9 Å². The highest BCUT2D eigenvalue weighted by molar-refractivity contribution is 8.14. The number of rotatable bonds is 5. The maximum absolute atomic E-state index is 12.9. The quantitative estimate of drug-likeness (QED) is 0.800. The van der Waals surface area contributed by atoms with E-state index in [0.717, 1.165) is 18.3 Å². The average Bonchev–Trinajstić information content (AvgIpc) is 3.19. The summed E-state index contributed by atoms with van der Waals surface area (Å²) >= 11 is 7.46. The smallest absolute Gasteiger partial charge is 0.237 e. The molecular formula is C19H18ClN3O2S. The fraction of sp³-hybridized carbons (Fsp3) is 0.211. The zero-order chi connectivity index (χ0) is 18.5. The zero-order valence-corrected chi connectivity index (χ0v) is 15.8. The number of amidine groups is 1. The van der Waals surface area contributed by atoms with Crippen molar-refractivity contribution < 1.29 is 9.59 Å². The Hall–Kier alpha value is -2.31. The second kappa shape index (κ2) is 8.38. The van der Waals surface area contributed by atoms with Crippen molar-refractivity contribution in [1.29, 1.82) is 0 Å². The van der Waals surface area contributed by atoms with E-state index < -0.39 is 0 Å². The van der Waals surface area contributed by atoms with E-state index in [-0.39, 0.29) is 17.4 Å². The molecule has 0 fully saturated rings. The number of hydrogen-bond acceptors (Lipinski definition) is 5. The van der Waals surface area contributed by atoms with Gasteiger partial charge in [0, 0.05) is 29.7 Å². The van der Waals surface area contributed by atoms with Crippen LogP contribution >= 0.6 is 23.4 Å². The van der Waals surface area contributed by atoms with Crippen molar-refractivity contribution in [3.8, 4) is 0 Å². The van der Waals surface area contributed by atoms with Crippen molar-refractivity contribution in [3.05, 3.63) is 64.7 Å². The van der Waals surface area contributed by atoms with Gasteiger partial charge in [-0.25, -0.2) is 0 Å². The lowest BCUT2D eigenvalue weighted by atomic mass is 10.0. The van der Waals surface area contributed by atoms with Gasteiger partial charge in [0.2, 0.25) is 5.91 Å². The monoisotopic (exact) mass is 387 g/mol. The standard InChI is InChI=1S/C19H18ClN3O2S/c1-23(17(24)12-26-19-21-9-10-22-19)16-8-7-14(20)11-15(16)18(25)13-5-3-2-4-6-13/h2-8,11H,9-10,12H2,1H3,(H,21,22). The topological polar surface area (TPSA) is 61.8 Å². The van der Waals surface area contributed by atoms with Gasteiger partial charge >= 0.3 is 0 Å². The molecule has 2 aromatic rings. The number of ketones is 1. The van der Waals surface area contributed by atoms with Crippen LogP contribution in [0, 0.1) is 0 Å². The molecule has 5 nitrogen and oxygen atoms in total. The molecule has 0 bridgehead atoms. The molecule has 2 aromatic carbocycles. The van der Waals surface area contributed by atoms with Gasteiger partial charge in [-0.2, -0.15) is 0 Å². The molecule has 1 N–H and O–H groups in total. The minimum absolute atomic E-state index is 0.115. The van der Waals surface area contributed by atoms with Crippen LogP contribution in [0.25, 0.3) is 0 Å². The number of nitrogens with one attached hydrogen (secondary N) is 1. The van der Waals surface area contributed by atoms with E-state index in [1.54, 1.807) is 49.5 Å². The molecule has 0 radical (unpaired) electrons. The van der Waals surface area contributed by atoms with E-state index in [1.165, 1.54) is 16.7 Å². The van der Waals surface area contributed by atoms with E-state index in [2.05, 4.69) is 10.3 Å². The molecule has 1 heterocycles. The summed E-state index contributed by atoms with van der Waals surface area (Å²) in [6.07, 6.45) is 0. The predicted molar refractivity (Wildman–Crippen MR) is 107 cm³/mol. The fourth-order valence-corrected chi connectivity index (χ4v) is 3.57. The number of amides is 1. The second-order valence-corrected chi connectivity index (χ2v) is 7.11. The van der Waals surface area contributed by atoms with Crippen LogP contribution in [-0.4, -0.2) is 42.7 Å². The first-order chi connectivity index (χ1) is 12.6. The third kappa shape index (κ3) is 4.26. The van der Waals surface area contributed by atoms with Crippen LogP contribution in [0.15, 0.2) is 53.5 Å². The normalized spacial score (nSPS) is 13.1. The van der Waals surface area contributed by atoms with Crippen LogP contribution in [0.5, 0.6) is 0 Å². The van der Waals surface area contributed by atoms with Crippen molar-refractivity contribution in [2.45, 2.75) is 0 Å². The Labute approximate surface area is 161 Å². The molecule has 134 valence electrons. The van der Waals surface area contributed by atoms with Crippen LogP contribution in [-0.2, 0) is 4.79 Å². The van der Waals surface area contributed by atoms with Crippen molar-refractivity contribution in [3.63, 3.8) is 0 Å². The molecule has 1 aliphatic rings. The van der Waals surface area contributed by atoms with E-state index in [9.17, 15) is 9.59 Å². The first kappa shape index (κ1) is 18.5. The van der Waals surface area contributed by atoms with E-state index in [1.807, 2.05) is 6.07 Å². The van der Waals surface area contributed by atoms with Gasteiger partial charge < -0.3 is 10.2 Å². The number of nitrogens with zero attached hydrogens (tertiary/aromatic N) is 2. The Morgan fingerprint density at radius 1 is 1.23 bits per heavy atom. The van der Waals surface area contributed by atoms with Crippen LogP contribution in [0.1, 0.15) is 15.9 Å². The first-order valence-electron chi connectivity index (χ1n) is 8.13. The largest absolute Gasteiger partial charge is 0.363 e. The van der Waals surface area contributed by atoms with Gasteiger partial charge in [0.25, 0.3) is 0 Å². The van der Waals surface area contributed by atoms with Gasteiger partial charge in [-0.1, -0.05) is 53.7 Å². The van der Waals surface area contributed by atoms with Gasteiger partial charge in [-0.05, 0) is 18.2 Å². The molecule has 7 heteroatoms. The number of halogens is 1. The number of aliphatic imine (C=N–C) groups is 1. The summed E-state index contributed by atoms with van der Waals surface area (Å²) in [4.78, 5) is 31.2. The highest BCUT2D eigenvalue weighted by Gasteiger charge is 2.21. The Morgan fingerprint density at radius 3 is 2.69 bits per heavy atom. The Bertz CT molecular complexity index is 855. The average molecular weight is 388 g/mol. The third-order valence-corrected chi connectivity index (χ3v) is 5.12. The van der Waals surface area contributed by atoms with Crippen LogP contribution in [0.3, 0.4) is 0 Å². The van der Waals surface area contributed by atoms with Gasteiger partial charge in [-0.3, -0.25) is 14.6 Å². The maximum Gasteiger partial charge on any atom is 0.237 e. The lowest BCUT2D eigenvalue weighted by molar-refractivity contribution is -0.115. The molecule has 3 rings (SSSR count). The van der Waals surface area contributed by atoms with Gasteiger partial charge in [-0.15, -0.1) is 0 Å². The van der Waals surface area contributed by atoms with Crippen molar-refractivity contribution in [2.24, 2.45) is 4.99 Å². The number of thioether (sulfide) groups is 1. The Morgan fingerprint density at radius 2 is 2.00 bits per heavy atom. The summed E-state index contributed by atoms with van der Waals surface area (Å²) in [6.45, 7) is 1.54. The van der Waals surface area contributed by atoms with Crippen LogP contribution in [0.4, 0.5) is 5.69 Å². The zero-order valence-electron chi connectivity index (χ0n) is 14.2. The summed E-state index contributed by atoms with van der Waals surface area (Å²) in [5.74, 6) is -0.0442. The van der Waals surface area contributed by atoms with Gasteiger partial charge in [0.1, 0.15) is 0 Å². The van der Waals surface area contributed by atoms with E-state index >= 15 is 0 Å². The summed E-state index contributed by atoms with van der Waals surface area (Å²) in [6, 6.07) is 13.9. The summed E-state index contributed by atoms with van der Waals surface area (Å²) in [5, 5.41) is 4.35. The van der Waals surface area contributed by atoms with Crippen molar-refractivity contribution in [1.82, 2.24) is 5.32 Å². The third-order valence-electron chi connectivity index (χ3n) is 3.95. The minimum atomic E-state index is -0.169. The number of benzene rings is 2. The summed E-state index contributed by atoms with van der Waals surface area (Å²) in [5.41, 5.74) is 1.49. The van der Waals surface area contributed by atoms with E-state index in [0.29, 0.717) is 21.8 Å². The van der Waals surface area contributed by atoms with Gasteiger partial charge in [0.15, 0.2) is 11.0 Å². The molecule has 0 atom stereocenters. The maximum atomic E-state index is 12.9. The predicted octanol–water partition coefficient (Wildman–Crippen LogP) is 3.23. The molecule has 1 amide bonds. The molecule has 0 aliphatic carbocycles. The highest BCUT2D eigenvalue weighted by atomic mass is 35.5. The number of carbonyl (C=O) groups excluding carboxylic acids is 2. The highest BCUT2D eigenvalue weighted by Crippen LogP contribution is 2.27. The Kier molecular flexibility index (Phi) is 5.96. The minimum Gasteiger partial charge on any atom is -0.363 e. The summed E-state index contributed by atoms with van der Waals surface area (Å²) < 4.78 is 0. The second-order valence-electron chi connectivity index (χ2n) is 5.71. The fourth-order valence-electron chi connectivity index (χ4n) is 2.56. The molecule has 0 saturated carbocycles. The number of carbonyl (C=O) groups is 2. The van der Waals surface area contributed by atoms with Crippen molar-refractivity contribution in [2.75, 3.05) is 30.8 Å². The lowest BCUT2D eigenvalue weighted by Crippen LogP contribution is -2.30. The van der Waals surface area contributed by atoms with Gasteiger partial charge in [0.05, 0.1) is 18.0 Å². The molecule has 0 aromatic heterocycles. The summed E-state index contributed by atoms with van der Waals surface area (Å²) in [7, 11) is 1.66. The first-order valence-corrected chi connectivity index (χ1v) is 9.49. The SMILES string of the molecule is CN(C(=O)CSC1=NCCN1)c1ccc(Cl)cc1C(=O)c1ccccc1.